The number of unbranched alkanes of at least 4 members (excludes halogenated alkanes) is 1. The van der Waals surface area contributed by atoms with E-state index in [0.717, 1.165) is 12.8 Å². The van der Waals surface area contributed by atoms with Crippen molar-refractivity contribution in [3.8, 4) is 5.75 Å². The molecule has 28 heavy (non-hydrogen) atoms. The Morgan fingerprint density at radius 2 is 2.14 bits per heavy atom. The van der Waals surface area contributed by atoms with Crippen LogP contribution in [0.5, 0.6) is 5.75 Å². The molecule has 1 heterocycles. The second kappa shape index (κ2) is 11.3. The van der Waals surface area contributed by atoms with Crippen molar-refractivity contribution >= 4 is 23.5 Å². The largest absolute Gasteiger partial charge is 0.494 e. The number of nitrogens with zero attached hydrogens (tertiary/aromatic N) is 1. The maximum atomic E-state index is 12.5. The van der Waals surface area contributed by atoms with Crippen LogP contribution in [0.3, 0.4) is 0 Å². The van der Waals surface area contributed by atoms with Gasteiger partial charge in [0.1, 0.15) is 11.8 Å². The van der Waals surface area contributed by atoms with Gasteiger partial charge in [-0.05, 0) is 25.5 Å². The Bertz CT molecular complexity index is 680. The molecule has 1 aromatic rings. The molecule has 0 aromatic heterocycles. The molecule has 2 N–H and O–H groups in total. The van der Waals surface area contributed by atoms with Gasteiger partial charge in [0, 0.05) is 24.8 Å². The van der Waals surface area contributed by atoms with Crippen molar-refractivity contribution in [3.05, 3.63) is 24.3 Å². The van der Waals surface area contributed by atoms with E-state index in [4.69, 9.17) is 9.47 Å². The van der Waals surface area contributed by atoms with Crippen molar-refractivity contribution in [2.75, 3.05) is 38.2 Å². The van der Waals surface area contributed by atoms with Gasteiger partial charge in [-0.1, -0.05) is 19.4 Å². The molecule has 8 nitrogen and oxygen atoms in total. The van der Waals surface area contributed by atoms with E-state index in [2.05, 4.69) is 10.6 Å². The van der Waals surface area contributed by atoms with Crippen molar-refractivity contribution < 1.29 is 23.9 Å². The number of ether oxygens (including phenoxy) is 2. The summed E-state index contributed by atoms with van der Waals surface area (Å²) < 4.78 is 10.6. The molecule has 1 fully saturated rings. The molecule has 0 spiro atoms. The van der Waals surface area contributed by atoms with Gasteiger partial charge >= 0.3 is 5.97 Å². The van der Waals surface area contributed by atoms with E-state index in [0.29, 0.717) is 37.7 Å². The van der Waals surface area contributed by atoms with Gasteiger partial charge in [0.25, 0.3) is 0 Å². The number of carbonyl (C=O) groups is 3. The quantitative estimate of drug-likeness (QED) is 0.464. The molecule has 1 aliphatic rings. The lowest BCUT2D eigenvalue weighted by atomic mass is 10.1. The lowest BCUT2D eigenvalue weighted by Crippen LogP contribution is -2.57. The topological polar surface area (TPSA) is 97.0 Å². The third-order valence-electron chi connectivity index (χ3n) is 4.34. The highest BCUT2D eigenvalue weighted by Gasteiger charge is 2.33. The maximum absolute atomic E-state index is 12.5. The number of hydrogen-bond donors (Lipinski definition) is 2. The molecule has 1 unspecified atom stereocenters. The average Bonchev–Trinajstić information content (AvgIpc) is 2.65. The lowest BCUT2D eigenvalue weighted by Gasteiger charge is -2.33. The SMILES string of the molecule is CCCCOC(=O)CC1C(=O)NCCN1CC(=O)Nc1cccc(OCC)c1. The number of piperazine rings is 1. The molecule has 1 aromatic carbocycles. The monoisotopic (exact) mass is 391 g/mol. The van der Waals surface area contributed by atoms with E-state index in [9.17, 15) is 14.4 Å². The zero-order valence-corrected chi connectivity index (χ0v) is 16.5. The van der Waals surface area contributed by atoms with E-state index in [1.807, 2.05) is 19.9 Å². The Labute approximate surface area is 165 Å². The second-order valence-corrected chi connectivity index (χ2v) is 6.56. The molecule has 1 saturated heterocycles. The van der Waals surface area contributed by atoms with Gasteiger partial charge in [-0.2, -0.15) is 0 Å². The van der Waals surface area contributed by atoms with Crippen LogP contribution in [0.2, 0.25) is 0 Å². The first-order chi connectivity index (χ1) is 13.5. The van der Waals surface area contributed by atoms with E-state index in [1.165, 1.54) is 0 Å². The fourth-order valence-electron chi connectivity index (χ4n) is 2.94. The Morgan fingerprint density at radius 1 is 1.32 bits per heavy atom. The van der Waals surface area contributed by atoms with Crippen LogP contribution in [0.15, 0.2) is 24.3 Å². The minimum atomic E-state index is -0.705. The number of nitrogens with one attached hydrogen (secondary N) is 2. The van der Waals surface area contributed by atoms with Crippen LogP contribution in [-0.4, -0.2) is 61.6 Å². The Balaban J connectivity index is 1.93. The molecular weight excluding hydrogens is 362 g/mol. The predicted octanol–water partition coefficient (Wildman–Crippen LogP) is 1.56. The number of benzene rings is 1. The molecule has 0 radical (unpaired) electrons. The number of anilines is 1. The molecule has 154 valence electrons. The minimum Gasteiger partial charge on any atom is -0.494 e. The summed E-state index contributed by atoms with van der Waals surface area (Å²) in [6, 6.07) is 6.42. The molecule has 0 bridgehead atoms. The van der Waals surface area contributed by atoms with Crippen molar-refractivity contribution in [2.24, 2.45) is 0 Å². The highest BCUT2D eigenvalue weighted by molar-refractivity contribution is 5.93. The summed E-state index contributed by atoms with van der Waals surface area (Å²) in [4.78, 5) is 38.4. The van der Waals surface area contributed by atoms with Gasteiger partial charge < -0.3 is 20.1 Å². The Hall–Kier alpha value is -2.61. The van der Waals surface area contributed by atoms with Gasteiger partial charge in [-0.3, -0.25) is 19.3 Å². The normalized spacial score (nSPS) is 16.9. The van der Waals surface area contributed by atoms with Crippen LogP contribution in [0, 0.1) is 0 Å². The summed E-state index contributed by atoms with van der Waals surface area (Å²) in [6.45, 7) is 5.72. The first-order valence-electron chi connectivity index (χ1n) is 9.73. The van der Waals surface area contributed by atoms with Gasteiger partial charge in [0.05, 0.1) is 26.2 Å². The van der Waals surface area contributed by atoms with Crippen LogP contribution >= 0.6 is 0 Å². The highest BCUT2D eigenvalue weighted by Crippen LogP contribution is 2.17. The van der Waals surface area contributed by atoms with Gasteiger partial charge in [-0.15, -0.1) is 0 Å². The van der Waals surface area contributed by atoms with Crippen molar-refractivity contribution in [1.29, 1.82) is 0 Å². The Morgan fingerprint density at radius 3 is 2.89 bits per heavy atom. The van der Waals surface area contributed by atoms with Crippen molar-refractivity contribution in [3.63, 3.8) is 0 Å². The van der Waals surface area contributed by atoms with Crippen LogP contribution < -0.4 is 15.4 Å². The summed E-state index contributed by atoms with van der Waals surface area (Å²) in [7, 11) is 0. The fourth-order valence-corrected chi connectivity index (χ4v) is 2.94. The zero-order chi connectivity index (χ0) is 20.4. The summed E-state index contributed by atoms with van der Waals surface area (Å²) in [6.07, 6.45) is 1.65. The second-order valence-electron chi connectivity index (χ2n) is 6.56. The number of esters is 1. The third kappa shape index (κ3) is 6.84. The molecule has 0 aliphatic carbocycles. The standard InChI is InChI=1S/C20H29N3O5/c1-3-5-11-28-19(25)13-17-20(26)21-9-10-23(17)14-18(24)22-15-7-6-8-16(12-15)27-4-2/h6-8,12,17H,3-5,9-11,13-14H2,1-2H3,(H,21,26)(H,22,24). The third-order valence-corrected chi connectivity index (χ3v) is 4.34. The first kappa shape index (κ1) is 21.7. The summed E-state index contributed by atoms with van der Waals surface area (Å²) in [5.41, 5.74) is 0.618. The van der Waals surface area contributed by atoms with Crippen LogP contribution in [0.25, 0.3) is 0 Å². The molecule has 1 atom stereocenters. The fraction of sp³-hybridized carbons (Fsp3) is 0.550. The van der Waals surface area contributed by atoms with Crippen LogP contribution in [0.4, 0.5) is 5.69 Å². The minimum absolute atomic E-state index is 0.0131. The molecule has 1 aliphatic heterocycles. The molecule has 8 heteroatoms. The van der Waals surface area contributed by atoms with E-state index in [-0.39, 0.29) is 24.8 Å². The summed E-state index contributed by atoms with van der Waals surface area (Å²) >= 11 is 0. The lowest BCUT2D eigenvalue weighted by molar-refractivity contribution is -0.149. The molecule has 2 amide bonds. The number of carbonyl (C=O) groups excluding carboxylic acids is 3. The van der Waals surface area contributed by atoms with Gasteiger partial charge in [-0.25, -0.2) is 0 Å². The van der Waals surface area contributed by atoms with E-state index < -0.39 is 12.0 Å². The smallest absolute Gasteiger partial charge is 0.307 e. The van der Waals surface area contributed by atoms with Crippen molar-refractivity contribution in [2.45, 2.75) is 39.2 Å². The van der Waals surface area contributed by atoms with Gasteiger partial charge in [0.15, 0.2) is 0 Å². The van der Waals surface area contributed by atoms with Gasteiger partial charge in [0.2, 0.25) is 11.8 Å². The number of amides is 2. The molecule has 2 rings (SSSR count). The maximum Gasteiger partial charge on any atom is 0.307 e. The summed E-state index contributed by atoms with van der Waals surface area (Å²) in [5, 5.41) is 5.55. The Kier molecular flexibility index (Phi) is 8.74. The summed E-state index contributed by atoms with van der Waals surface area (Å²) in [5.74, 6) is -0.270. The number of rotatable bonds is 10. The van der Waals surface area contributed by atoms with E-state index in [1.54, 1.807) is 23.1 Å². The van der Waals surface area contributed by atoms with Crippen molar-refractivity contribution in [1.82, 2.24) is 10.2 Å². The van der Waals surface area contributed by atoms with Crippen LogP contribution in [-0.2, 0) is 19.1 Å². The number of hydrogen-bond acceptors (Lipinski definition) is 6. The molecular formula is C20H29N3O5. The van der Waals surface area contributed by atoms with Crippen LogP contribution in [0.1, 0.15) is 33.1 Å². The zero-order valence-electron chi connectivity index (χ0n) is 16.5. The average molecular weight is 391 g/mol. The predicted molar refractivity (Wildman–Crippen MR) is 105 cm³/mol. The highest BCUT2D eigenvalue weighted by atomic mass is 16.5. The molecule has 0 saturated carbocycles. The van der Waals surface area contributed by atoms with E-state index >= 15 is 0 Å². The first-order valence-corrected chi connectivity index (χ1v) is 9.73.